The van der Waals surface area contributed by atoms with Crippen LogP contribution < -0.4 is 5.32 Å². The Morgan fingerprint density at radius 2 is 1.89 bits per heavy atom. The van der Waals surface area contributed by atoms with Gasteiger partial charge in [-0.15, -0.1) is 0 Å². The predicted molar refractivity (Wildman–Crippen MR) is 107 cm³/mol. The van der Waals surface area contributed by atoms with Crippen LogP contribution in [0, 0.1) is 11.8 Å². The Bertz CT molecular complexity index is 895. The monoisotopic (exact) mass is 363 g/mol. The summed E-state index contributed by atoms with van der Waals surface area (Å²) in [5.41, 5.74) is 2.76. The van der Waals surface area contributed by atoms with Gasteiger partial charge in [-0.25, -0.2) is 0 Å². The zero-order valence-electron chi connectivity index (χ0n) is 15.8. The van der Waals surface area contributed by atoms with Gasteiger partial charge in [0.1, 0.15) is 5.58 Å². The van der Waals surface area contributed by atoms with Gasteiger partial charge in [0.15, 0.2) is 5.76 Å². The Kier molecular flexibility index (Phi) is 4.99. The van der Waals surface area contributed by atoms with Gasteiger partial charge < -0.3 is 14.5 Å². The van der Waals surface area contributed by atoms with Crippen LogP contribution in [0.1, 0.15) is 36.4 Å². The largest absolute Gasteiger partial charge is 0.451 e. The Morgan fingerprint density at radius 3 is 2.63 bits per heavy atom. The summed E-state index contributed by atoms with van der Waals surface area (Å²) in [6.45, 7) is 5.24. The molecule has 0 spiro atoms. The molecule has 2 aromatic carbocycles. The van der Waals surface area contributed by atoms with Crippen LogP contribution >= 0.6 is 0 Å². The highest BCUT2D eigenvalue weighted by Crippen LogP contribution is 2.27. The third kappa shape index (κ3) is 4.06. The normalized spacial score (nSPS) is 22.7. The number of benzene rings is 2. The Hall–Kier alpha value is -2.59. The van der Waals surface area contributed by atoms with Crippen LogP contribution in [-0.4, -0.2) is 18.6 Å². The third-order valence-electron chi connectivity index (χ3n) is 5.49. The number of rotatable bonds is 4. The number of ether oxygens (including phenoxy) is 1. The van der Waals surface area contributed by atoms with Gasteiger partial charge in [-0.05, 0) is 61.4 Å². The predicted octanol–water partition coefficient (Wildman–Crippen LogP) is 5.29. The molecule has 1 saturated heterocycles. The van der Waals surface area contributed by atoms with Crippen molar-refractivity contribution in [2.75, 3.05) is 11.9 Å². The fourth-order valence-electron chi connectivity index (χ4n) is 3.72. The Labute approximate surface area is 159 Å². The maximum atomic E-state index is 12.4. The minimum Gasteiger partial charge on any atom is -0.451 e. The van der Waals surface area contributed by atoms with Gasteiger partial charge in [-0.1, -0.05) is 37.3 Å². The number of hydrogen-bond donors (Lipinski definition) is 1. The summed E-state index contributed by atoms with van der Waals surface area (Å²) < 4.78 is 11.5. The van der Waals surface area contributed by atoms with E-state index >= 15 is 0 Å². The molecule has 1 fully saturated rings. The zero-order chi connectivity index (χ0) is 18.8. The third-order valence-corrected chi connectivity index (χ3v) is 5.49. The molecule has 4 heteroatoms. The highest BCUT2D eigenvalue weighted by atomic mass is 16.5. The first-order chi connectivity index (χ1) is 13.1. The van der Waals surface area contributed by atoms with Crippen molar-refractivity contribution >= 4 is 22.6 Å². The number of hydrogen-bond acceptors (Lipinski definition) is 3. The molecule has 0 saturated carbocycles. The molecular formula is C23H25NO3. The first-order valence-electron chi connectivity index (χ1n) is 9.59. The van der Waals surface area contributed by atoms with Gasteiger partial charge in [-0.2, -0.15) is 0 Å². The summed E-state index contributed by atoms with van der Waals surface area (Å²) in [6.07, 6.45) is 2.57. The van der Waals surface area contributed by atoms with Gasteiger partial charge in [0.25, 0.3) is 5.91 Å². The summed E-state index contributed by atoms with van der Waals surface area (Å²) >= 11 is 0. The Morgan fingerprint density at radius 1 is 1.11 bits per heavy atom. The molecule has 3 atom stereocenters. The number of carbonyl (C=O) groups excluding carboxylic acids is 1. The van der Waals surface area contributed by atoms with Crippen LogP contribution in [0.3, 0.4) is 0 Å². The highest BCUT2D eigenvalue weighted by molar-refractivity contribution is 6.04. The van der Waals surface area contributed by atoms with Crippen molar-refractivity contribution in [3.63, 3.8) is 0 Å². The molecule has 0 radical (unpaired) electrons. The van der Waals surface area contributed by atoms with Gasteiger partial charge in [-0.3, -0.25) is 4.79 Å². The van der Waals surface area contributed by atoms with Gasteiger partial charge in [0, 0.05) is 11.1 Å². The molecule has 1 amide bonds. The average molecular weight is 363 g/mol. The van der Waals surface area contributed by atoms with Crippen molar-refractivity contribution in [3.8, 4) is 0 Å². The smallest absolute Gasteiger partial charge is 0.291 e. The fraction of sp³-hybridized carbons (Fsp3) is 0.348. The van der Waals surface area contributed by atoms with E-state index in [0.29, 0.717) is 23.7 Å². The van der Waals surface area contributed by atoms with Crippen molar-refractivity contribution in [3.05, 3.63) is 65.9 Å². The van der Waals surface area contributed by atoms with Crippen molar-refractivity contribution in [1.82, 2.24) is 0 Å². The summed E-state index contributed by atoms with van der Waals surface area (Å²) in [7, 11) is 0. The van der Waals surface area contributed by atoms with E-state index in [-0.39, 0.29) is 5.91 Å². The van der Waals surface area contributed by atoms with E-state index in [2.05, 4.69) is 31.3 Å². The van der Waals surface area contributed by atoms with Crippen LogP contribution in [0.2, 0.25) is 0 Å². The van der Waals surface area contributed by atoms with Crippen LogP contribution in [-0.2, 0) is 11.2 Å². The number of nitrogens with one attached hydrogen (secondary N) is 1. The molecule has 1 N–H and O–H groups in total. The topological polar surface area (TPSA) is 51.5 Å². The minimum absolute atomic E-state index is 0.234. The van der Waals surface area contributed by atoms with Crippen molar-refractivity contribution < 1.29 is 13.9 Å². The van der Waals surface area contributed by atoms with Crippen molar-refractivity contribution in [2.45, 2.75) is 32.8 Å². The van der Waals surface area contributed by atoms with E-state index in [4.69, 9.17) is 9.15 Å². The molecule has 1 aliphatic rings. The van der Waals surface area contributed by atoms with Crippen LogP contribution in [0.25, 0.3) is 11.0 Å². The van der Waals surface area contributed by atoms with E-state index < -0.39 is 0 Å². The van der Waals surface area contributed by atoms with Crippen LogP contribution in [0.4, 0.5) is 5.69 Å². The van der Waals surface area contributed by atoms with E-state index in [1.807, 2.05) is 36.4 Å². The molecule has 0 bridgehead atoms. The summed E-state index contributed by atoms with van der Waals surface area (Å²) in [6, 6.07) is 17.4. The first-order valence-corrected chi connectivity index (χ1v) is 9.59. The second-order valence-electron chi connectivity index (χ2n) is 7.62. The minimum atomic E-state index is -0.234. The number of carbonyl (C=O) groups is 1. The summed E-state index contributed by atoms with van der Waals surface area (Å²) in [4.78, 5) is 12.4. The van der Waals surface area contributed by atoms with E-state index in [1.165, 1.54) is 12.0 Å². The molecule has 1 aromatic heterocycles. The van der Waals surface area contributed by atoms with Crippen LogP contribution in [0.15, 0.2) is 59.0 Å². The molecule has 4 nitrogen and oxygen atoms in total. The summed E-state index contributed by atoms with van der Waals surface area (Å²) in [5, 5.41) is 3.83. The maximum absolute atomic E-state index is 12.4. The molecular weight excluding hydrogens is 338 g/mol. The fourth-order valence-corrected chi connectivity index (χ4v) is 3.72. The van der Waals surface area contributed by atoms with Gasteiger partial charge in [0.2, 0.25) is 0 Å². The number of anilines is 1. The zero-order valence-corrected chi connectivity index (χ0v) is 15.8. The average Bonchev–Trinajstić information content (AvgIpc) is 3.11. The number of fused-ring (bicyclic) bond motifs is 1. The lowest BCUT2D eigenvalue weighted by atomic mass is 9.86. The number of para-hydroxylation sites is 1. The van der Waals surface area contributed by atoms with E-state index in [9.17, 15) is 4.79 Å². The van der Waals surface area contributed by atoms with Crippen LogP contribution in [0.5, 0.6) is 0 Å². The molecule has 3 aromatic rings. The molecule has 0 aliphatic carbocycles. The van der Waals surface area contributed by atoms with Crippen molar-refractivity contribution in [2.24, 2.45) is 11.8 Å². The summed E-state index contributed by atoms with van der Waals surface area (Å²) in [5.74, 6) is 1.25. The quantitative estimate of drug-likeness (QED) is 0.685. The number of furan rings is 1. The molecule has 3 unspecified atom stereocenters. The second-order valence-corrected chi connectivity index (χ2v) is 7.62. The molecule has 2 heterocycles. The van der Waals surface area contributed by atoms with Gasteiger partial charge in [0.05, 0.1) is 12.7 Å². The molecule has 140 valence electrons. The number of amides is 1. The lowest BCUT2D eigenvalue weighted by molar-refractivity contribution is -0.0397. The van der Waals surface area contributed by atoms with Gasteiger partial charge >= 0.3 is 0 Å². The SMILES string of the molecule is CC1CC(Cc2ccc(NC(=O)c3cc4ccccc4o3)cc2)COC1C. The molecule has 4 rings (SSSR count). The second kappa shape index (κ2) is 7.57. The highest BCUT2D eigenvalue weighted by Gasteiger charge is 2.25. The van der Waals surface area contributed by atoms with E-state index in [1.54, 1.807) is 6.07 Å². The first kappa shape index (κ1) is 17.8. The molecule has 27 heavy (non-hydrogen) atoms. The van der Waals surface area contributed by atoms with E-state index in [0.717, 1.165) is 29.7 Å². The van der Waals surface area contributed by atoms with Crippen molar-refractivity contribution in [1.29, 1.82) is 0 Å². The molecule has 1 aliphatic heterocycles. The maximum Gasteiger partial charge on any atom is 0.291 e. The Balaban J connectivity index is 1.38. The standard InChI is InChI=1S/C23H25NO3/c1-15-11-18(14-26-16(15)2)12-17-7-9-20(10-8-17)24-23(25)22-13-19-5-3-4-6-21(19)27-22/h3-10,13,15-16,18H,11-12,14H2,1-2H3,(H,24,25). The lowest BCUT2D eigenvalue weighted by Crippen LogP contribution is -2.31. The lowest BCUT2D eigenvalue weighted by Gasteiger charge is -2.32.